The summed E-state index contributed by atoms with van der Waals surface area (Å²) in [5.74, 6) is 0.0307. The Morgan fingerprint density at radius 1 is 1.19 bits per heavy atom. The smallest absolute Gasteiger partial charge is 0.225 e. The van der Waals surface area contributed by atoms with Crippen LogP contribution in [0.25, 0.3) is 0 Å². The molecule has 5 nitrogen and oxygen atoms in total. The van der Waals surface area contributed by atoms with Crippen molar-refractivity contribution in [1.29, 1.82) is 0 Å². The van der Waals surface area contributed by atoms with Gasteiger partial charge in [-0.15, -0.1) is 0 Å². The SMILES string of the molecule is Cc1c(N)cccc1NC(=O)CCN(C)CCCN(C)C. The van der Waals surface area contributed by atoms with Gasteiger partial charge in [0.15, 0.2) is 0 Å². The zero-order valence-corrected chi connectivity index (χ0v) is 13.6. The third-order valence-electron chi connectivity index (χ3n) is 3.52. The van der Waals surface area contributed by atoms with E-state index in [9.17, 15) is 4.79 Å². The summed E-state index contributed by atoms with van der Waals surface area (Å²) in [4.78, 5) is 16.3. The van der Waals surface area contributed by atoms with Crippen LogP contribution in [-0.4, -0.2) is 56.5 Å². The number of nitrogens with one attached hydrogen (secondary N) is 1. The molecular weight excluding hydrogens is 264 g/mol. The highest BCUT2D eigenvalue weighted by molar-refractivity contribution is 5.92. The van der Waals surface area contributed by atoms with Crippen LogP contribution in [0.15, 0.2) is 18.2 Å². The number of anilines is 2. The molecule has 0 fully saturated rings. The Morgan fingerprint density at radius 3 is 2.57 bits per heavy atom. The average molecular weight is 292 g/mol. The number of hydrogen-bond acceptors (Lipinski definition) is 4. The molecule has 1 aromatic rings. The molecule has 0 unspecified atom stereocenters. The summed E-state index contributed by atoms with van der Waals surface area (Å²) < 4.78 is 0. The first-order valence-electron chi connectivity index (χ1n) is 7.38. The number of nitrogen functional groups attached to an aromatic ring is 1. The Balaban J connectivity index is 2.32. The number of nitrogens with zero attached hydrogens (tertiary/aromatic N) is 2. The number of amides is 1. The summed E-state index contributed by atoms with van der Waals surface area (Å²) in [6, 6.07) is 5.57. The molecule has 0 heterocycles. The van der Waals surface area contributed by atoms with E-state index >= 15 is 0 Å². The van der Waals surface area contributed by atoms with Gasteiger partial charge in [-0.05, 0) is 65.3 Å². The molecule has 21 heavy (non-hydrogen) atoms. The molecule has 0 saturated heterocycles. The molecule has 1 rings (SSSR count). The number of rotatable bonds is 8. The minimum atomic E-state index is 0.0307. The second kappa shape index (κ2) is 8.64. The topological polar surface area (TPSA) is 61.6 Å². The van der Waals surface area contributed by atoms with E-state index in [1.54, 1.807) is 0 Å². The van der Waals surface area contributed by atoms with Gasteiger partial charge in [0.2, 0.25) is 5.91 Å². The van der Waals surface area contributed by atoms with Gasteiger partial charge in [-0.25, -0.2) is 0 Å². The number of nitrogens with two attached hydrogens (primary N) is 1. The molecule has 0 aromatic heterocycles. The van der Waals surface area contributed by atoms with E-state index in [1.165, 1.54) is 0 Å². The Bertz CT molecular complexity index is 460. The normalized spacial score (nSPS) is 11.1. The number of hydrogen-bond donors (Lipinski definition) is 2. The highest BCUT2D eigenvalue weighted by Crippen LogP contribution is 2.20. The first-order valence-corrected chi connectivity index (χ1v) is 7.38. The van der Waals surface area contributed by atoms with Crippen LogP contribution in [0.3, 0.4) is 0 Å². The maximum Gasteiger partial charge on any atom is 0.225 e. The highest BCUT2D eigenvalue weighted by atomic mass is 16.1. The van der Waals surface area contributed by atoms with E-state index in [-0.39, 0.29) is 5.91 Å². The fourth-order valence-corrected chi connectivity index (χ4v) is 2.06. The zero-order chi connectivity index (χ0) is 15.8. The Morgan fingerprint density at radius 2 is 1.90 bits per heavy atom. The van der Waals surface area contributed by atoms with E-state index in [0.29, 0.717) is 12.1 Å². The second-order valence-corrected chi connectivity index (χ2v) is 5.78. The van der Waals surface area contributed by atoms with Crippen molar-refractivity contribution in [2.75, 3.05) is 51.8 Å². The average Bonchev–Trinajstić information content (AvgIpc) is 2.41. The standard InChI is InChI=1S/C16H28N4O/c1-13-14(17)7-5-8-15(13)18-16(21)9-12-20(4)11-6-10-19(2)3/h5,7-8H,6,9-12,17H2,1-4H3,(H,18,21). The summed E-state index contributed by atoms with van der Waals surface area (Å²) in [7, 11) is 6.19. The van der Waals surface area contributed by atoms with Crippen molar-refractivity contribution in [3.8, 4) is 0 Å². The fourth-order valence-electron chi connectivity index (χ4n) is 2.06. The van der Waals surface area contributed by atoms with E-state index in [1.807, 2.05) is 25.1 Å². The minimum Gasteiger partial charge on any atom is -0.398 e. The lowest BCUT2D eigenvalue weighted by atomic mass is 10.1. The third kappa shape index (κ3) is 6.60. The number of carbonyl (C=O) groups is 1. The van der Waals surface area contributed by atoms with Gasteiger partial charge < -0.3 is 20.9 Å². The molecule has 1 aromatic carbocycles. The largest absolute Gasteiger partial charge is 0.398 e. The molecule has 0 radical (unpaired) electrons. The van der Waals surface area contributed by atoms with Crippen LogP contribution in [0.2, 0.25) is 0 Å². The van der Waals surface area contributed by atoms with Crippen LogP contribution in [0.5, 0.6) is 0 Å². The van der Waals surface area contributed by atoms with Gasteiger partial charge in [-0.2, -0.15) is 0 Å². The molecule has 1 amide bonds. The van der Waals surface area contributed by atoms with Crippen molar-refractivity contribution in [2.45, 2.75) is 19.8 Å². The maximum absolute atomic E-state index is 12.0. The summed E-state index contributed by atoms with van der Waals surface area (Å²) >= 11 is 0. The lowest BCUT2D eigenvalue weighted by molar-refractivity contribution is -0.116. The van der Waals surface area contributed by atoms with Crippen molar-refractivity contribution < 1.29 is 4.79 Å². The van der Waals surface area contributed by atoms with E-state index in [2.05, 4.69) is 36.3 Å². The lowest BCUT2D eigenvalue weighted by Crippen LogP contribution is -2.27. The molecule has 0 atom stereocenters. The van der Waals surface area contributed by atoms with Crippen molar-refractivity contribution in [1.82, 2.24) is 9.80 Å². The summed E-state index contributed by atoms with van der Waals surface area (Å²) in [6.45, 7) is 4.75. The molecule has 0 saturated carbocycles. The van der Waals surface area contributed by atoms with Crippen LogP contribution in [0.4, 0.5) is 11.4 Å². The molecular formula is C16H28N4O. The van der Waals surface area contributed by atoms with Crippen LogP contribution in [-0.2, 0) is 4.79 Å². The summed E-state index contributed by atoms with van der Waals surface area (Å²) in [6.07, 6.45) is 1.60. The van der Waals surface area contributed by atoms with Gasteiger partial charge in [-0.1, -0.05) is 6.07 Å². The molecule has 118 valence electrons. The highest BCUT2D eigenvalue weighted by Gasteiger charge is 2.08. The van der Waals surface area contributed by atoms with Crippen LogP contribution < -0.4 is 11.1 Å². The lowest BCUT2D eigenvalue weighted by Gasteiger charge is -2.18. The Hall–Kier alpha value is -1.59. The monoisotopic (exact) mass is 292 g/mol. The van der Waals surface area contributed by atoms with Gasteiger partial charge in [0.05, 0.1) is 0 Å². The van der Waals surface area contributed by atoms with Crippen molar-refractivity contribution in [3.05, 3.63) is 23.8 Å². The van der Waals surface area contributed by atoms with Crippen LogP contribution in [0, 0.1) is 6.92 Å². The summed E-state index contributed by atoms with van der Waals surface area (Å²) in [5, 5.41) is 2.93. The van der Waals surface area contributed by atoms with Gasteiger partial charge in [0.1, 0.15) is 0 Å². The summed E-state index contributed by atoms with van der Waals surface area (Å²) in [5.41, 5.74) is 8.26. The predicted molar refractivity (Wildman–Crippen MR) is 89.5 cm³/mol. The number of carbonyl (C=O) groups excluding carboxylic acids is 1. The molecule has 0 bridgehead atoms. The molecule has 0 aliphatic heterocycles. The molecule has 5 heteroatoms. The quantitative estimate of drug-likeness (QED) is 0.717. The molecule has 0 aliphatic carbocycles. The first kappa shape index (κ1) is 17.5. The maximum atomic E-state index is 12.0. The predicted octanol–water partition coefficient (Wildman–Crippen LogP) is 1.79. The van der Waals surface area contributed by atoms with Gasteiger partial charge in [-0.3, -0.25) is 4.79 Å². The Kier molecular flexibility index (Phi) is 7.19. The number of benzene rings is 1. The molecule has 3 N–H and O–H groups in total. The van der Waals surface area contributed by atoms with Gasteiger partial charge >= 0.3 is 0 Å². The van der Waals surface area contributed by atoms with Crippen molar-refractivity contribution in [3.63, 3.8) is 0 Å². The third-order valence-corrected chi connectivity index (χ3v) is 3.52. The van der Waals surface area contributed by atoms with Crippen molar-refractivity contribution in [2.24, 2.45) is 0 Å². The van der Waals surface area contributed by atoms with E-state index < -0.39 is 0 Å². The molecule has 0 spiro atoms. The van der Waals surface area contributed by atoms with Gasteiger partial charge in [0.25, 0.3) is 0 Å². The van der Waals surface area contributed by atoms with Crippen LogP contribution in [0.1, 0.15) is 18.4 Å². The first-order chi connectivity index (χ1) is 9.90. The van der Waals surface area contributed by atoms with Gasteiger partial charge in [0, 0.05) is 24.3 Å². The zero-order valence-electron chi connectivity index (χ0n) is 13.6. The molecule has 0 aliphatic rings. The van der Waals surface area contributed by atoms with E-state index in [0.717, 1.165) is 37.3 Å². The van der Waals surface area contributed by atoms with E-state index in [4.69, 9.17) is 5.73 Å². The van der Waals surface area contributed by atoms with Crippen LogP contribution >= 0.6 is 0 Å². The minimum absolute atomic E-state index is 0.0307. The Labute approximate surface area is 128 Å². The fraction of sp³-hybridized carbons (Fsp3) is 0.562. The van der Waals surface area contributed by atoms with Crippen molar-refractivity contribution >= 4 is 17.3 Å². The second-order valence-electron chi connectivity index (χ2n) is 5.78.